The fraction of sp³-hybridized carbons (Fsp3) is 0.422. The molecule has 0 bridgehead atoms. The number of hydrogen-bond acceptors (Lipinski definition) is 6. The maximum Gasteiger partial charge on any atom is 0.338 e. The third-order valence-corrected chi connectivity index (χ3v) is 13.4. The quantitative estimate of drug-likeness (QED) is 0.119. The molecule has 1 atom stereocenters. The van der Waals surface area contributed by atoms with Gasteiger partial charge in [0.25, 0.3) is 0 Å². The van der Waals surface area contributed by atoms with Gasteiger partial charge in [0, 0.05) is 32.1 Å². The zero-order chi connectivity index (χ0) is 38.2. The van der Waals surface area contributed by atoms with E-state index in [1.54, 1.807) is 7.11 Å². The summed E-state index contributed by atoms with van der Waals surface area (Å²) in [4.78, 5) is 20.5. The molecule has 52 heavy (non-hydrogen) atoms. The minimum absolute atomic E-state index is 0.180. The average molecular weight is 719 g/mol. The number of rotatable bonds is 10. The van der Waals surface area contributed by atoms with E-state index in [9.17, 15) is 4.79 Å². The largest absolute Gasteiger partial charge is 0.468 e. The molecule has 0 fully saturated rings. The highest BCUT2D eigenvalue weighted by molar-refractivity contribution is 6.98. The number of esters is 1. The molecule has 1 heterocycles. The van der Waals surface area contributed by atoms with Crippen LogP contribution in [0.2, 0.25) is 13.1 Å². The van der Waals surface area contributed by atoms with Crippen molar-refractivity contribution in [1.29, 1.82) is 0 Å². The summed E-state index contributed by atoms with van der Waals surface area (Å²) in [6, 6.07) is 21.1. The zero-order valence-corrected chi connectivity index (χ0v) is 34.7. The Kier molecular flexibility index (Phi) is 11.3. The second-order valence-corrected chi connectivity index (χ2v) is 21.3. The number of nitrogens with zero attached hydrogens (tertiary/aromatic N) is 2. The lowest BCUT2D eigenvalue weighted by atomic mass is 9.78. The van der Waals surface area contributed by atoms with Crippen molar-refractivity contribution in [2.45, 2.75) is 87.4 Å². The van der Waals surface area contributed by atoms with Crippen LogP contribution in [0.1, 0.15) is 88.9 Å². The molecular weight excluding hydrogens is 661 g/mol. The van der Waals surface area contributed by atoms with Crippen LogP contribution in [-0.4, -0.2) is 52.9 Å². The average Bonchev–Trinajstić information content (AvgIpc) is 3.06. The predicted octanol–water partition coefficient (Wildman–Crippen LogP) is 10.4. The van der Waals surface area contributed by atoms with Crippen LogP contribution in [-0.2, 0) is 9.47 Å². The first-order chi connectivity index (χ1) is 24.3. The molecule has 0 saturated heterocycles. The number of anilines is 2. The van der Waals surface area contributed by atoms with Gasteiger partial charge in [-0.25, -0.2) is 4.79 Å². The van der Waals surface area contributed by atoms with Crippen LogP contribution in [0.3, 0.4) is 0 Å². The number of carbonyl (C=O) groups excluding carboxylic acids is 1. The molecule has 0 aromatic heterocycles. The number of aryl methyl sites for hydroxylation is 1. The summed E-state index contributed by atoms with van der Waals surface area (Å²) in [5.41, 5.74) is 10.7. The van der Waals surface area contributed by atoms with E-state index in [0.717, 1.165) is 46.9 Å². The Balaban J connectivity index is 1.72. The maximum atomic E-state index is 13.1. The summed E-state index contributed by atoms with van der Waals surface area (Å²) >= 11 is 0. The third-order valence-electron chi connectivity index (χ3n) is 9.92. The molecule has 1 aliphatic heterocycles. The van der Waals surface area contributed by atoms with Crippen LogP contribution >= 0.6 is 0 Å². The highest BCUT2D eigenvalue weighted by atomic mass is 28.3. The smallest absolute Gasteiger partial charge is 0.338 e. The van der Waals surface area contributed by atoms with Gasteiger partial charge in [0.05, 0.1) is 11.3 Å². The van der Waals surface area contributed by atoms with E-state index in [-0.39, 0.29) is 18.2 Å². The topological polar surface area (TPSA) is 60.4 Å². The number of allylic oxidation sites excluding steroid dienone is 5. The van der Waals surface area contributed by atoms with Gasteiger partial charge in [-0.15, -0.1) is 0 Å². The van der Waals surface area contributed by atoms with Crippen molar-refractivity contribution in [2.24, 2.45) is 16.3 Å². The van der Waals surface area contributed by atoms with Crippen molar-refractivity contribution < 1.29 is 19.0 Å². The molecule has 0 amide bonds. The first kappa shape index (κ1) is 39.0. The van der Waals surface area contributed by atoms with Gasteiger partial charge in [0.1, 0.15) is 19.4 Å². The molecule has 7 heteroatoms. The van der Waals surface area contributed by atoms with Gasteiger partial charge >= 0.3 is 5.97 Å². The second kappa shape index (κ2) is 15.0. The Labute approximate surface area is 313 Å². The Morgan fingerprint density at radius 3 is 2.15 bits per heavy atom. The van der Waals surface area contributed by atoms with E-state index in [1.807, 2.05) is 45.0 Å². The maximum absolute atomic E-state index is 13.1. The Bertz CT molecular complexity index is 1950. The fourth-order valence-electron chi connectivity index (χ4n) is 7.57. The molecule has 6 nitrogen and oxygen atoms in total. The monoisotopic (exact) mass is 718 g/mol. The summed E-state index contributed by atoms with van der Waals surface area (Å²) in [5.74, 6) is 0.799. The van der Waals surface area contributed by atoms with E-state index in [0.29, 0.717) is 11.5 Å². The Morgan fingerprint density at radius 1 is 0.904 bits per heavy atom. The lowest BCUT2D eigenvalue weighted by Gasteiger charge is -2.40. The minimum Gasteiger partial charge on any atom is -0.468 e. The number of methoxy groups -OCH3 is 1. The summed E-state index contributed by atoms with van der Waals surface area (Å²) in [6.07, 6.45) is 5.94. The van der Waals surface area contributed by atoms with Crippen molar-refractivity contribution in [3.63, 3.8) is 0 Å². The number of fused-ring (bicyclic) bond motifs is 2. The molecule has 0 N–H and O–H groups in total. The molecule has 2 aliphatic rings. The summed E-state index contributed by atoms with van der Waals surface area (Å²) in [7, 11) is 1.47. The minimum atomic E-state index is -2.26. The zero-order valence-electron chi connectivity index (χ0n) is 33.7. The van der Waals surface area contributed by atoms with Gasteiger partial charge in [-0.1, -0.05) is 52.9 Å². The van der Waals surface area contributed by atoms with Crippen molar-refractivity contribution in [3.05, 3.63) is 111 Å². The van der Waals surface area contributed by atoms with Gasteiger partial charge in [-0.2, -0.15) is 0 Å². The highest BCUT2D eigenvalue weighted by Gasteiger charge is 2.41. The molecule has 1 unspecified atom stereocenters. The Hall–Kier alpha value is -4.20. The number of aliphatic imine (C=N–C) groups is 1. The number of benzene rings is 3. The fourth-order valence-corrected chi connectivity index (χ4v) is 10.6. The Morgan fingerprint density at radius 2 is 1.56 bits per heavy atom. The van der Waals surface area contributed by atoms with E-state index < -0.39 is 13.7 Å². The van der Waals surface area contributed by atoms with Gasteiger partial charge < -0.3 is 19.1 Å². The third kappa shape index (κ3) is 8.37. The molecule has 0 spiro atoms. The molecule has 0 radical (unpaired) electrons. The number of ether oxygens (including phenoxy) is 3. The van der Waals surface area contributed by atoms with E-state index in [1.165, 1.54) is 32.7 Å². The van der Waals surface area contributed by atoms with Crippen molar-refractivity contribution in [2.75, 3.05) is 32.4 Å². The van der Waals surface area contributed by atoms with Crippen molar-refractivity contribution >= 4 is 41.9 Å². The normalized spacial score (nSPS) is 16.8. The summed E-state index contributed by atoms with van der Waals surface area (Å²) < 4.78 is 16.5. The van der Waals surface area contributed by atoms with Crippen LogP contribution in [0, 0.1) is 18.3 Å². The first-order valence-corrected chi connectivity index (χ1v) is 21.5. The van der Waals surface area contributed by atoms with Crippen LogP contribution in [0.5, 0.6) is 5.75 Å². The molecule has 3 aromatic carbocycles. The summed E-state index contributed by atoms with van der Waals surface area (Å²) in [6.45, 7) is 25.1. The van der Waals surface area contributed by atoms with E-state index in [2.05, 4.69) is 115 Å². The van der Waals surface area contributed by atoms with E-state index >= 15 is 0 Å². The summed E-state index contributed by atoms with van der Waals surface area (Å²) in [5, 5.41) is 2.77. The van der Waals surface area contributed by atoms with Gasteiger partial charge in [0.15, 0.2) is 6.79 Å². The van der Waals surface area contributed by atoms with E-state index in [4.69, 9.17) is 19.2 Å². The van der Waals surface area contributed by atoms with Gasteiger partial charge in [-0.05, 0) is 157 Å². The van der Waals surface area contributed by atoms with Gasteiger partial charge in [-0.3, -0.25) is 4.99 Å². The SMILES string of the molecule is CCN=C1C=C2C(=C(c3ccc(C(=O)OC(C)(C)C)cc3C)c3ccc(N(C)c4ccc(OCOC)cc4)cc3[Si]2(C)C)C=C1C(C)CC(C)(C)C. The predicted molar refractivity (Wildman–Crippen MR) is 220 cm³/mol. The van der Waals surface area contributed by atoms with Crippen LogP contribution in [0.25, 0.3) is 5.57 Å². The molecule has 276 valence electrons. The molecule has 3 aromatic rings. The lowest BCUT2D eigenvalue weighted by molar-refractivity contribution is 0.00693. The van der Waals surface area contributed by atoms with Crippen LogP contribution in [0.15, 0.2) is 94.2 Å². The highest BCUT2D eigenvalue weighted by Crippen LogP contribution is 2.45. The van der Waals surface area contributed by atoms with Crippen LogP contribution in [0.4, 0.5) is 11.4 Å². The van der Waals surface area contributed by atoms with Crippen molar-refractivity contribution in [3.8, 4) is 5.75 Å². The standard InChI is InChI=1S/C45H58N2O4Si/c1-14-46-39-26-41-38(25-37(39)30(3)27-44(4,5)6)42(35-21-15-31(23-29(35)2)43(48)51-45(7,8)9)36-22-18-33(24-40(36)52(41,12)13)47(10)32-16-19-34(20-17-32)50-28-49-11/h15-26,30H,14,27-28H2,1-13H3. The first-order valence-electron chi connectivity index (χ1n) is 18.5. The molecule has 5 rings (SSSR count). The molecule has 1 aliphatic carbocycles. The number of carbonyl (C=O) groups is 1. The number of hydrogen-bond donors (Lipinski definition) is 0. The van der Waals surface area contributed by atoms with Crippen molar-refractivity contribution in [1.82, 2.24) is 0 Å². The second-order valence-electron chi connectivity index (χ2n) is 17.0. The van der Waals surface area contributed by atoms with Gasteiger partial charge in [0.2, 0.25) is 0 Å². The van der Waals surface area contributed by atoms with Crippen LogP contribution < -0.4 is 14.8 Å². The lowest BCUT2D eigenvalue weighted by Crippen LogP contribution is -2.50. The molecule has 0 saturated carbocycles. The molecular formula is C45H58N2O4Si.